The van der Waals surface area contributed by atoms with Crippen LogP contribution >= 0.6 is 0 Å². The van der Waals surface area contributed by atoms with Crippen LogP contribution in [0, 0.1) is 45.8 Å². The molecule has 4 aliphatic heterocycles. The summed E-state index contributed by atoms with van der Waals surface area (Å²) >= 11 is 0. The lowest BCUT2D eigenvalue weighted by Gasteiger charge is -2.58. The fraction of sp³-hybridized carbons (Fsp3) is 0.848. The third-order valence-electron chi connectivity index (χ3n) is 12.6. The van der Waals surface area contributed by atoms with E-state index in [1.807, 2.05) is 13.8 Å². The lowest BCUT2D eigenvalue weighted by Crippen LogP contribution is -2.66. The van der Waals surface area contributed by atoms with Gasteiger partial charge >= 0.3 is 17.9 Å². The molecule has 13 unspecified atom stereocenters. The first kappa shape index (κ1) is 29.8. The normalized spacial score (nSPS) is 49.9. The summed E-state index contributed by atoms with van der Waals surface area (Å²) < 4.78 is 30.3. The van der Waals surface area contributed by atoms with Crippen molar-refractivity contribution >= 4 is 18.2 Å². The molecule has 0 amide bonds. The van der Waals surface area contributed by atoms with E-state index in [9.17, 15) is 24.6 Å². The smallest absolute Gasteiger partial charge is 0.316 e. The second-order valence-corrected chi connectivity index (χ2v) is 14.8. The van der Waals surface area contributed by atoms with Crippen LogP contribution < -0.4 is 0 Å². The Morgan fingerprint density at radius 2 is 1.93 bits per heavy atom. The van der Waals surface area contributed by atoms with Gasteiger partial charge in [0.25, 0.3) is 0 Å². The summed E-state index contributed by atoms with van der Waals surface area (Å²) in [4.78, 5) is 39.6. The van der Waals surface area contributed by atoms with Crippen LogP contribution in [0.15, 0.2) is 11.6 Å². The third-order valence-corrected chi connectivity index (χ3v) is 12.6. The molecular weight excluding hydrogens is 556 g/mol. The molecule has 4 saturated heterocycles. The van der Waals surface area contributed by atoms with Crippen LogP contribution in [0.5, 0.6) is 0 Å². The van der Waals surface area contributed by atoms with Crippen LogP contribution in [-0.2, 0) is 38.1 Å². The lowest BCUT2D eigenvalue weighted by atomic mass is 9.43. The average Bonchev–Trinajstić information content (AvgIpc) is 3.70. The number of carbonyl (C=O) groups is 3. The van der Waals surface area contributed by atoms with Gasteiger partial charge in [0.05, 0.1) is 12.0 Å². The van der Waals surface area contributed by atoms with Gasteiger partial charge in [0.15, 0.2) is 24.6 Å². The van der Waals surface area contributed by atoms with E-state index >= 15 is 0 Å². The number of ether oxygens (including phenoxy) is 5. The fourth-order valence-corrected chi connectivity index (χ4v) is 10.9. The Morgan fingerprint density at radius 3 is 2.63 bits per heavy atom. The van der Waals surface area contributed by atoms with E-state index < -0.39 is 58.9 Å². The fourth-order valence-electron chi connectivity index (χ4n) is 10.9. The summed E-state index contributed by atoms with van der Waals surface area (Å²) in [5, 5.41) is 22.7. The summed E-state index contributed by atoms with van der Waals surface area (Å²) in [5.41, 5.74) is -2.50. The molecule has 4 aliphatic carbocycles. The highest BCUT2D eigenvalue weighted by atomic mass is 17.0. The number of hydrogen-bond donors (Lipinski definition) is 2. The van der Waals surface area contributed by atoms with Crippen molar-refractivity contribution in [1.82, 2.24) is 0 Å². The molecule has 0 aromatic rings. The van der Waals surface area contributed by atoms with Gasteiger partial charge in [0.2, 0.25) is 0 Å². The number of aliphatic hydroxyl groups is 1. The van der Waals surface area contributed by atoms with Gasteiger partial charge in [-0.1, -0.05) is 65.0 Å². The third kappa shape index (κ3) is 3.61. The molecule has 0 aromatic heterocycles. The molecule has 10 heteroatoms. The number of aliphatic carboxylic acids is 1. The number of carbonyl (C=O) groups excluding carboxylic acids is 2. The second kappa shape index (κ2) is 10.1. The standard InChI is InChI=1S/C33H46O10/c1-5-6-7-8-9-23(35)40-24-25-27(36)33(42-26(24)28(41-25)43-33)39-16-31-14-20-18(4)10-11-21(20)30(15-34)13-19(31)12-22(17(2)3)32(30,31)29(37)38/h12,15,17-21,24-28,36H,5-11,13-14,16H2,1-4H3,(H,37,38). The van der Waals surface area contributed by atoms with Gasteiger partial charge in [-0.3, -0.25) is 14.3 Å². The highest BCUT2D eigenvalue weighted by molar-refractivity contribution is 5.90. The number of aldehydes is 1. The molecule has 0 radical (unpaired) electrons. The average molecular weight is 603 g/mol. The second-order valence-electron chi connectivity index (χ2n) is 14.8. The first-order valence-electron chi connectivity index (χ1n) is 16.5. The van der Waals surface area contributed by atoms with E-state index in [-0.39, 0.29) is 42.7 Å². The van der Waals surface area contributed by atoms with Gasteiger partial charge < -0.3 is 34.0 Å². The van der Waals surface area contributed by atoms with E-state index in [0.717, 1.165) is 50.4 Å². The van der Waals surface area contributed by atoms with Crippen molar-refractivity contribution in [2.75, 3.05) is 6.61 Å². The van der Waals surface area contributed by atoms with Gasteiger partial charge in [0.1, 0.15) is 17.8 Å². The number of allylic oxidation sites excluding steroid dienone is 1. The zero-order valence-corrected chi connectivity index (χ0v) is 25.7. The van der Waals surface area contributed by atoms with Gasteiger partial charge in [-0.2, -0.15) is 0 Å². The van der Waals surface area contributed by atoms with Crippen LogP contribution in [0.25, 0.3) is 0 Å². The maximum absolute atomic E-state index is 13.7. The van der Waals surface area contributed by atoms with Crippen molar-refractivity contribution in [3.63, 3.8) is 0 Å². The molecule has 3 saturated carbocycles. The maximum atomic E-state index is 13.7. The topological polar surface area (TPSA) is 138 Å². The van der Waals surface area contributed by atoms with Crippen molar-refractivity contribution in [3.8, 4) is 0 Å². The molecular formula is C33H46O10. The molecule has 10 nitrogen and oxygen atoms in total. The van der Waals surface area contributed by atoms with Crippen molar-refractivity contribution in [1.29, 1.82) is 0 Å². The van der Waals surface area contributed by atoms with E-state index in [2.05, 4.69) is 19.9 Å². The molecule has 4 heterocycles. The molecule has 7 fully saturated rings. The minimum absolute atomic E-state index is 0.0110. The summed E-state index contributed by atoms with van der Waals surface area (Å²) in [6.07, 6.45) is 5.35. The van der Waals surface area contributed by atoms with Crippen molar-refractivity contribution < 1.29 is 48.3 Å². The summed E-state index contributed by atoms with van der Waals surface area (Å²) in [5.74, 6) is -2.83. The predicted octanol–water partition coefficient (Wildman–Crippen LogP) is 3.98. The SMILES string of the molecule is CCCCCCC(=O)OC1C2OC3(OCC45CC6C(C)CCC6C6(C=O)CC4C=C(C(C)C)C65C(=O)O)OC2OC1C3O. The number of carboxylic acids is 1. The van der Waals surface area contributed by atoms with Crippen LogP contribution in [0.3, 0.4) is 0 Å². The quantitative estimate of drug-likeness (QED) is 0.146. The maximum Gasteiger partial charge on any atom is 0.316 e. The monoisotopic (exact) mass is 602 g/mol. The van der Waals surface area contributed by atoms with Crippen LogP contribution in [0.1, 0.15) is 85.5 Å². The molecule has 2 N–H and O–H groups in total. The Bertz CT molecular complexity index is 1220. The Balaban J connectivity index is 1.16. The lowest BCUT2D eigenvalue weighted by molar-refractivity contribution is -0.447. The summed E-state index contributed by atoms with van der Waals surface area (Å²) in [6, 6.07) is 0. The predicted molar refractivity (Wildman–Crippen MR) is 150 cm³/mol. The minimum atomic E-state index is -1.86. The number of carboxylic acid groups (broad SMARTS) is 1. The zero-order chi connectivity index (χ0) is 30.5. The largest absolute Gasteiger partial charge is 0.481 e. The molecule has 43 heavy (non-hydrogen) atoms. The molecule has 8 aliphatic rings. The van der Waals surface area contributed by atoms with Crippen molar-refractivity contribution in [3.05, 3.63) is 11.6 Å². The van der Waals surface area contributed by atoms with Crippen LogP contribution in [0.2, 0.25) is 0 Å². The highest BCUT2D eigenvalue weighted by Crippen LogP contribution is 2.82. The summed E-state index contributed by atoms with van der Waals surface area (Å²) in [7, 11) is 0. The van der Waals surface area contributed by atoms with Gasteiger partial charge in [0, 0.05) is 11.8 Å². The minimum Gasteiger partial charge on any atom is -0.481 e. The van der Waals surface area contributed by atoms with E-state index in [0.29, 0.717) is 18.8 Å². The number of rotatable bonds is 12. The number of hydrogen-bond acceptors (Lipinski definition) is 9. The number of aliphatic hydroxyl groups excluding tert-OH is 1. The zero-order valence-electron chi connectivity index (χ0n) is 25.7. The molecule has 238 valence electrons. The van der Waals surface area contributed by atoms with Crippen molar-refractivity contribution in [2.45, 2.75) is 122 Å². The van der Waals surface area contributed by atoms with E-state index in [1.54, 1.807) is 0 Å². The van der Waals surface area contributed by atoms with Crippen LogP contribution in [-0.4, -0.2) is 71.7 Å². The van der Waals surface area contributed by atoms with Crippen molar-refractivity contribution in [2.24, 2.45) is 45.8 Å². The van der Waals surface area contributed by atoms with E-state index in [1.165, 1.54) is 0 Å². The Labute approximate surface area is 252 Å². The van der Waals surface area contributed by atoms with Crippen LogP contribution in [0.4, 0.5) is 0 Å². The molecule has 8 rings (SSSR count). The summed E-state index contributed by atoms with van der Waals surface area (Å²) in [6.45, 7) is 8.27. The van der Waals surface area contributed by atoms with Gasteiger partial charge in [-0.15, -0.1) is 0 Å². The van der Waals surface area contributed by atoms with E-state index in [4.69, 9.17) is 23.7 Å². The molecule has 8 bridgehead atoms. The number of unbranched alkanes of at least 4 members (excludes halogenated alkanes) is 3. The first-order valence-corrected chi connectivity index (χ1v) is 16.5. The Hall–Kier alpha value is -1.85. The van der Waals surface area contributed by atoms with Gasteiger partial charge in [-0.05, 0) is 55.3 Å². The Kier molecular flexibility index (Phi) is 6.99. The number of fused-ring (bicyclic) bond motifs is 2. The first-order chi connectivity index (χ1) is 20.5. The molecule has 0 aromatic carbocycles. The molecule has 13 atom stereocenters. The molecule has 0 spiro atoms. The Morgan fingerprint density at radius 1 is 1.14 bits per heavy atom. The van der Waals surface area contributed by atoms with Gasteiger partial charge in [-0.25, -0.2) is 0 Å². The highest BCUT2D eigenvalue weighted by Gasteiger charge is 2.85. The number of esters is 1.